The average Bonchev–Trinajstić information content (AvgIpc) is 2.34. The van der Waals surface area contributed by atoms with Crippen molar-refractivity contribution in [2.24, 2.45) is 10.1 Å². The number of allylic oxidation sites excluding steroid dienone is 1. The van der Waals surface area contributed by atoms with Crippen LogP contribution in [0.5, 0.6) is 0 Å². The summed E-state index contributed by atoms with van der Waals surface area (Å²) in [7, 11) is 0. The predicted molar refractivity (Wildman–Crippen MR) is 39.8 cm³/mol. The zero-order valence-corrected chi connectivity index (χ0v) is 6.10. The molecular weight excluding hydrogens is 144 g/mol. The first kappa shape index (κ1) is 6.36. The highest BCUT2D eigenvalue weighted by atomic mass is 16.6. The van der Waals surface area contributed by atoms with Gasteiger partial charge in [0.05, 0.1) is 11.9 Å². The van der Waals surface area contributed by atoms with Crippen LogP contribution in [0.1, 0.15) is 13.3 Å². The minimum atomic E-state index is 0.683. The highest BCUT2D eigenvalue weighted by molar-refractivity contribution is 5.98. The van der Waals surface area contributed by atoms with Crippen molar-refractivity contribution in [3.8, 4) is 0 Å². The minimum Gasteiger partial charge on any atom is -0.268 e. The summed E-state index contributed by atoms with van der Waals surface area (Å²) in [6.45, 7) is 1.83. The van der Waals surface area contributed by atoms with Crippen molar-refractivity contribution in [3.05, 3.63) is 11.9 Å². The van der Waals surface area contributed by atoms with Gasteiger partial charge in [0.15, 0.2) is 5.84 Å². The molecule has 0 aromatic carbocycles. The maximum atomic E-state index is 9.24. The normalized spacial score (nSPS) is 21.6. The molecule has 0 saturated heterocycles. The quantitative estimate of drug-likeness (QED) is 0.551. The summed E-state index contributed by atoms with van der Waals surface area (Å²) >= 11 is 0. The number of rotatable bonds is 0. The van der Waals surface area contributed by atoms with Gasteiger partial charge in [-0.25, -0.2) is 4.99 Å². The van der Waals surface area contributed by atoms with Crippen molar-refractivity contribution in [1.29, 1.82) is 0 Å². The first-order chi connectivity index (χ1) is 5.27. The molecule has 2 heterocycles. The third-order valence-corrected chi connectivity index (χ3v) is 1.50. The lowest BCUT2D eigenvalue weighted by Crippen LogP contribution is -2.36. The summed E-state index contributed by atoms with van der Waals surface area (Å²) in [4.78, 5) is 4.17. The van der Waals surface area contributed by atoms with E-state index in [-0.39, 0.29) is 0 Å². The number of hydrazone groups is 1. The Balaban J connectivity index is 2.34. The van der Waals surface area contributed by atoms with Gasteiger partial charge in [-0.05, 0) is 6.92 Å². The molecule has 2 aliphatic rings. The number of aliphatic imine (C=N–C) groups is 1. The molecule has 11 heavy (non-hydrogen) atoms. The van der Waals surface area contributed by atoms with Gasteiger partial charge in [-0.3, -0.25) is 5.21 Å². The smallest absolute Gasteiger partial charge is 0.156 e. The fourth-order valence-corrected chi connectivity index (χ4v) is 1.06. The highest BCUT2D eigenvalue weighted by Gasteiger charge is 2.22. The molecule has 0 aromatic rings. The Bertz CT molecular complexity index is 268. The molecule has 2 rings (SSSR count). The summed E-state index contributed by atoms with van der Waals surface area (Å²) in [6.07, 6.45) is 3.89. The molecule has 0 amide bonds. The van der Waals surface area contributed by atoms with E-state index in [0.29, 0.717) is 6.42 Å². The van der Waals surface area contributed by atoms with Crippen LogP contribution >= 0.6 is 0 Å². The van der Waals surface area contributed by atoms with Gasteiger partial charge in [0.25, 0.3) is 0 Å². The van der Waals surface area contributed by atoms with E-state index in [1.807, 2.05) is 6.92 Å². The highest BCUT2D eigenvalue weighted by Crippen LogP contribution is 2.15. The number of hydrogen-bond acceptors (Lipinski definition) is 5. The third kappa shape index (κ3) is 0.894. The van der Waals surface area contributed by atoms with E-state index in [2.05, 4.69) is 10.1 Å². The van der Waals surface area contributed by atoms with Crippen LogP contribution < -0.4 is 0 Å². The van der Waals surface area contributed by atoms with E-state index in [1.165, 1.54) is 11.3 Å². The molecule has 0 unspecified atom stereocenters. The average molecular weight is 152 g/mol. The van der Waals surface area contributed by atoms with Crippen LogP contribution in [0.3, 0.4) is 0 Å². The summed E-state index contributed by atoms with van der Waals surface area (Å²) in [5.74, 6) is 0.757. The van der Waals surface area contributed by atoms with E-state index in [1.54, 1.807) is 6.21 Å². The Labute approximate surface area is 63.9 Å². The maximum Gasteiger partial charge on any atom is 0.156 e. The molecule has 0 radical (unpaired) electrons. The molecule has 5 heteroatoms. The minimum absolute atomic E-state index is 0.683. The maximum absolute atomic E-state index is 9.24. The Morgan fingerprint density at radius 3 is 3.27 bits per heavy atom. The van der Waals surface area contributed by atoms with Crippen molar-refractivity contribution in [2.75, 3.05) is 0 Å². The van der Waals surface area contributed by atoms with Crippen LogP contribution in [-0.2, 0) is 0 Å². The molecule has 0 spiro atoms. The largest absolute Gasteiger partial charge is 0.268 e. The zero-order valence-electron chi connectivity index (χ0n) is 6.10. The Kier molecular flexibility index (Phi) is 1.19. The van der Waals surface area contributed by atoms with Gasteiger partial charge in [-0.15, -0.1) is 10.3 Å². The fourth-order valence-electron chi connectivity index (χ4n) is 1.06. The number of fused-ring (bicyclic) bond motifs is 1. The van der Waals surface area contributed by atoms with E-state index >= 15 is 0 Å². The standard InChI is InChI=1S/C6H8N4O/c1-5-4-9(11)10-6(8-5)2-3-7-10/h3-4,11H,2H2,1H3. The van der Waals surface area contributed by atoms with Crippen LogP contribution in [0.25, 0.3) is 0 Å². The van der Waals surface area contributed by atoms with Crippen LogP contribution in [0.15, 0.2) is 22.0 Å². The van der Waals surface area contributed by atoms with Gasteiger partial charge in [0, 0.05) is 12.6 Å². The van der Waals surface area contributed by atoms with Gasteiger partial charge < -0.3 is 0 Å². The second-order valence-electron chi connectivity index (χ2n) is 2.41. The van der Waals surface area contributed by atoms with E-state index in [9.17, 15) is 5.21 Å². The topological polar surface area (TPSA) is 51.4 Å². The molecule has 0 fully saturated rings. The molecule has 0 saturated carbocycles. The molecular formula is C6H8N4O. The molecule has 1 N–H and O–H groups in total. The molecule has 2 aliphatic heterocycles. The third-order valence-electron chi connectivity index (χ3n) is 1.50. The number of hydroxylamine groups is 1. The fraction of sp³-hybridized carbons (Fsp3) is 0.333. The van der Waals surface area contributed by atoms with Gasteiger partial charge >= 0.3 is 0 Å². The second-order valence-corrected chi connectivity index (χ2v) is 2.41. The van der Waals surface area contributed by atoms with Crippen LogP contribution in [0.2, 0.25) is 0 Å². The second kappa shape index (κ2) is 2.06. The number of hydrazine groups is 1. The van der Waals surface area contributed by atoms with Gasteiger partial charge in [-0.2, -0.15) is 5.10 Å². The van der Waals surface area contributed by atoms with Gasteiger partial charge in [0.1, 0.15) is 0 Å². The zero-order chi connectivity index (χ0) is 7.84. The Morgan fingerprint density at radius 2 is 2.45 bits per heavy atom. The first-order valence-corrected chi connectivity index (χ1v) is 3.34. The summed E-state index contributed by atoms with van der Waals surface area (Å²) in [5.41, 5.74) is 0.782. The number of nitrogens with zero attached hydrogens (tertiary/aromatic N) is 4. The van der Waals surface area contributed by atoms with Gasteiger partial charge in [-0.1, -0.05) is 0 Å². The Morgan fingerprint density at radius 1 is 1.64 bits per heavy atom. The van der Waals surface area contributed by atoms with Crippen molar-refractivity contribution >= 4 is 12.1 Å². The van der Waals surface area contributed by atoms with Crippen LogP contribution in [0, 0.1) is 0 Å². The molecule has 58 valence electrons. The van der Waals surface area contributed by atoms with E-state index in [0.717, 1.165) is 16.7 Å². The monoisotopic (exact) mass is 152 g/mol. The summed E-state index contributed by atoms with van der Waals surface area (Å²) in [5, 5.41) is 15.4. The number of amidine groups is 1. The lowest BCUT2D eigenvalue weighted by Gasteiger charge is -2.25. The molecule has 5 nitrogen and oxygen atoms in total. The van der Waals surface area contributed by atoms with Crippen LogP contribution in [0.4, 0.5) is 0 Å². The lowest BCUT2D eigenvalue weighted by molar-refractivity contribution is -0.170. The van der Waals surface area contributed by atoms with Crippen molar-refractivity contribution < 1.29 is 5.21 Å². The summed E-state index contributed by atoms with van der Waals surface area (Å²) < 4.78 is 0. The van der Waals surface area contributed by atoms with Crippen molar-refractivity contribution in [1.82, 2.24) is 10.3 Å². The number of hydrogen-bond donors (Lipinski definition) is 1. The van der Waals surface area contributed by atoms with Crippen LogP contribution in [-0.4, -0.2) is 27.5 Å². The van der Waals surface area contributed by atoms with E-state index in [4.69, 9.17) is 0 Å². The Hall–Kier alpha value is -1.36. The van der Waals surface area contributed by atoms with Crippen molar-refractivity contribution in [2.45, 2.75) is 13.3 Å². The molecule has 0 bridgehead atoms. The SMILES string of the molecule is CC1=CN(O)N2N=CCC2=N1. The summed E-state index contributed by atoms with van der Waals surface area (Å²) in [6, 6.07) is 0. The molecule has 0 aliphatic carbocycles. The lowest BCUT2D eigenvalue weighted by atomic mass is 10.4. The molecule has 0 aromatic heterocycles. The van der Waals surface area contributed by atoms with E-state index < -0.39 is 0 Å². The van der Waals surface area contributed by atoms with Gasteiger partial charge in [0.2, 0.25) is 0 Å². The predicted octanol–water partition coefficient (Wildman–Crippen LogP) is 0.558. The first-order valence-electron chi connectivity index (χ1n) is 3.34. The van der Waals surface area contributed by atoms with Crippen molar-refractivity contribution in [3.63, 3.8) is 0 Å². The molecule has 0 atom stereocenters.